The predicted molar refractivity (Wildman–Crippen MR) is 82.7 cm³/mol. The summed E-state index contributed by atoms with van der Waals surface area (Å²) in [6.07, 6.45) is 0.589. The van der Waals surface area contributed by atoms with Gasteiger partial charge in [-0.1, -0.05) is 18.2 Å². The Hall–Kier alpha value is -2.04. The second-order valence-corrected chi connectivity index (χ2v) is 5.30. The van der Waals surface area contributed by atoms with Crippen molar-refractivity contribution < 1.29 is 14.6 Å². The first-order chi connectivity index (χ1) is 10.1. The van der Waals surface area contributed by atoms with Gasteiger partial charge in [-0.15, -0.1) is 0 Å². The van der Waals surface area contributed by atoms with Crippen LogP contribution in [0, 0.1) is 0 Å². The van der Waals surface area contributed by atoms with E-state index in [2.05, 4.69) is 0 Å². The van der Waals surface area contributed by atoms with Gasteiger partial charge in [0.2, 0.25) is 0 Å². The summed E-state index contributed by atoms with van der Waals surface area (Å²) >= 11 is 0. The van der Waals surface area contributed by atoms with Crippen LogP contribution >= 0.6 is 0 Å². The molecule has 4 nitrogen and oxygen atoms in total. The van der Waals surface area contributed by atoms with Crippen molar-refractivity contribution in [2.75, 3.05) is 13.2 Å². The van der Waals surface area contributed by atoms with Gasteiger partial charge in [-0.05, 0) is 43.3 Å². The maximum absolute atomic E-state index is 9.07. The predicted octanol–water partition coefficient (Wildman–Crippen LogP) is 2.96. The maximum atomic E-state index is 9.07. The summed E-state index contributed by atoms with van der Waals surface area (Å²) in [5.74, 6) is 2.31. The van der Waals surface area contributed by atoms with Crippen molar-refractivity contribution >= 4 is 0 Å². The Morgan fingerprint density at radius 2 is 1.52 bits per heavy atom. The van der Waals surface area contributed by atoms with Gasteiger partial charge in [0.25, 0.3) is 0 Å². The summed E-state index contributed by atoms with van der Waals surface area (Å²) in [4.78, 5) is 0. The number of aliphatic hydroxyl groups is 1. The molecule has 0 aliphatic carbocycles. The molecule has 0 amide bonds. The van der Waals surface area contributed by atoms with Crippen molar-refractivity contribution in [1.82, 2.24) is 0 Å². The number of ether oxygens (including phenoxy) is 2. The molecule has 0 bridgehead atoms. The topological polar surface area (TPSA) is 64.7 Å². The van der Waals surface area contributed by atoms with Gasteiger partial charge in [-0.25, -0.2) is 0 Å². The Morgan fingerprint density at radius 1 is 0.952 bits per heavy atom. The summed E-state index contributed by atoms with van der Waals surface area (Å²) in [6, 6.07) is 17.0. The zero-order valence-corrected chi connectivity index (χ0v) is 12.2. The molecule has 3 N–H and O–H groups in total. The summed E-state index contributed by atoms with van der Waals surface area (Å²) in [5.41, 5.74) is 5.24. The monoisotopic (exact) mass is 287 g/mol. The van der Waals surface area contributed by atoms with Gasteiger partial charge in [0.05, 0.1) is 13.2 Å². The molecule has 1 atom stereocenters. The van der Waals surface area contributed by atoms with E-state index in [1.54, 1.807) is 6.92 Å². The van der Waals surface area contributed by atoms with Crippen LogP contribution in [0.1, 0.15) is 13.3 Å². The first kappa shape index (κ1) is 15.4. The Bertz CT molecular complexity index is 538. The lowest BCUT2D eigenvalue weighted by molar-refractivity contribution is 0.175. The molecule has 0 saturated carbocycles. The lowest BCUT2D eigenvalue weighted by Gasteiger charge is -2.21. The van der Waals surface area contributed by atoms with E-state index in [0.717, 1.165) is 17.2 Å². The molecule has 0 radical (unpaired) electrons. The van der Waals surface area contributed by atoms with Crippen LogP contribution in [0.3, 0.4) is 0 Å². The lowest BCUT2D eigenvalue weighted by Crippen LogP contribution is -2.41. The molecule has 1 unspecified atom stereocenters. The minimum absolute atomic E-state index is 0.0553. The van der Waals surface area contributed by atoms with Crippen LogP contribution in [0.5, 0.6) is 17.2 Å². The van der Waals surface area contributed by atoms with Crippen molar-refractivity contribution in [2.45, 2.75) is 18.9 Å². The van der Waals surface area contributed by atoms with E-state index in [4.69, 9.17) is 20.3 Å². The van der Waals surface area contributed by atoms with Crippen LogP contribution < -0.4 is 15.2 Å². The normalized spacial score (nSPS) is 13.5. The van der Waals surface area contributed by atoms with E-state index < -0.39 is 5.54 Å². The standard InChI is InChI=1S/C17H21NO3/c1-17(18,13-19)11-12-20-14-7-9-16(10-8-14)21-15-5-3-2-4-6-15/h2-10,19H,11-13,18H2,1H3. The van der Waals surface area contributed by atoms with Crippen LogP contribution in [0.4, 0.5) is 0 Å². The molecule has 0 aliphatic heterocycles. The number of benzene rings is 2. The molecule has 112 valence electrons. The first-order valence-corrected chi connectivity index (χ1v) is 6.95. The zero-order valence-electron chi connectivity index (χ0n) is 12.2. The Kier molecular flexibility index (Phi) is 5.20. The highest BCUT2D eigenvalue weighted by Gasteiger charge is 2.16. The molecule has 2 aromatic rings. The number of para-hydroxylation sites is 1. The van der Waals surface area contributed by atoms with Crippen LogP contribution in [-0.2, 0) is 0 Å². The minimum Gasteiger partial charge on any atom is -0.494 e. The second-order valence-electron chi connectivity index (χ2n) is 5.30. The average molecular weight is 287 g/mol. The molecule has 21 heavy (non-hydrogen) atoms. The third-order valence-corrected chi connectivity index (χ3v) is 3.11. The van der Waals surface area contributed by atoms with Gasteiger partial charge >= 0.3 is 0 Å². The summed E-state index contributed by atoms with van der Waals surface area (Å²) < 4.78 is 11.3. The third-order valence-electron chi connectivity index (χ3n) is 3.11. The molecule has 0 heterocycles. The van der Waals surface area contributed by atoms with E-state index in [9.17, 15) is 0 Å². The van der Waals surface area contributed by atoms with E-state index in [0.29, 0.717) is 13.0 Å². The zero-order chi connectivity index (χ0) is 15.1. The highest BCUT2D eigenvalue weighted by molar-refractivity contribution is 5.35. The van der Waals surface area contributed by atoms with Gasteiger partial charge in [0, 0.05) is 12.0 Å². The average Bonchev–Trinajstić information content (AvgIpc) is 2.50. The number of aliphatic hydroxyl groups excluding tert-OH is 1. The van der Waals surface area contributed by atoms with Crippen molar-refractivity contribution in [3.05, 3.63) is 54.6 Å². The summed E-state index contributed by atoms with van der Waals surface area (Å²) in [5, 5.41) is 9.07. The summed E-state index contributed by atoms with van der Waals surface area (Å²) in [6.45, 7) is 2.21. The maximum Gasteiger partial charge on any atom is 0.127 e. The van der Waals surface area contributed by atoms with Crippen LogP contribution in [0.15, 0.2) is 54.6 Å². The minimum atomic E-state index is -0.601. The fraction of sp³-hybridized carbons (Fsp3) is 0.294. The van der Waals surface area contributed by atoms with Gasteiger partial charge in [0.1, 0.15) is 17.2 Å². The molecule has 2 aromatic carbocycles. The van der Waals surface area contributed by atoms with E-state index >= 15 is 0 Å². The Balaban J connectivity index is 1.85. The van der Waals surface area contributed by atoms with Crippen LogP contribution in [-0.4, -0.2) is 23.9 Å². The van der Waals surface area contributed by atoms with Gasteiger partial charge < -0.3 is 20.3 Å². The number of nitrogens with two attached hydrogens (primary N) is 1. The van der Waals surface area contributed by atoms with Gasteiger partial charge in [-0.2, -0.15) is 0 Å². The smallest absolute Gasteiger partial charge is 0.127 e. The molecule has 2 rings (SSSR count). The summed E-state index contributed by atoms with van der Waals surface area (Å²) in [7, 11) is 0. The van der Waals surface area contributed by atoms with Crippen molar-refractivity contribution in [2.24, 2.45) is 5.73 Å². The number of hydrogen-bond acceptors (Lipinski definition) is 4. The van der Waals surface area contributed by atoms with E-state index in [1.165, 1.54) is 0 Å². The van der Waals surface area contributed by atoms with Gasteiger partial charge in [0.15, 0.2) is 0 Å². The SMILES string of the molecule is CC(N)(CO)CCOc1ccc(Oc2ccccc2)cc1. The first-order valence-electron chi connectivity index (χ1n) is 6.95. The largest absolute Gasteiger partial charge is 0.494 e. The van der Waals surface area contributed by atoms with Gasteiger partial charge in [-0.3, -0.25) is 0 Å². The molecule has 4 heteroatoms. The number of rotatable bonds is 7. The van der Waals surface area contributed by atoms with Crippen LogP contribution in [0.25, 0.3) is 0 Å². The van der Waals surface area contributed by atoms with Crippen molar-refractivity contribution in [3.8, 4) is 17.2 Å². The molecule has 0 fully saturated rings. The molecule has 0 aliphatic rings. The van der Waals surface area contributed by atoms with Crippen LogP contribution in [0.2, 0.25) is 0 Å². The molecular weight excluding hydrogens is 266 g/mol. The lowest BCUT2D eigenvalue weighted by atomic mass is 10.0. The van der Waals surface area contributed by atoms with Crippen molar-refractivity contribution in [1.29, 1.82) is 0 Å². The molecule has 0 spiro atoms. The van der Waals surface area contributed by atoms with E-state index in [1.807, 2.05) is 54.6 Å². The second kappa shape index (κ2) is 7.11. The number of hydrogen-bond donors (Lipinski definition) is 2. The molecule has 0 saturated heterocycles. The third kappa shape index (κ3) is 5.10. The fourth-order valence-corrected chi connectivity index (χ4v) is 1.71. The Morgan fingerprint density at radius 3 is 2.14 bits per heavy atom. The highest BCUT2D eigenvalue weighted by atomic mass is 16.5. The fourth-order valence-electron chi connectivity index (χ4n) is 1.71. The van der Waals surface area contributed by atoms with Crippen molar-refractivity contribution in [3.63, 3.8) is 0 Å². The quantitative estimate of drug-likeness (QED) is 0.821. The van der Waals surface area contributed by atoms with E-state index in [-0.39, 0.29) is 6.61 Å². The molecule has 0 aromatic heterocycles. The Labute approximate surface area is 125 Å². The highest BCUT2D eigenvalue weighted by Crippen LogP contribution is 2.23. The molecular formula is C17H21NO3.